The Balaban J connectivity index is 2.16. The molecule has 2 aliphatic heterocycles. The molecule has 1 unspecified atom stereocenters. The molecule has 7 nitrogen and oxygen atoms in total. The van der Waals surface area contributed by atoms with Crippen LogP contribution in [0.2, 0.25) is 0 Å². The van der Waals surface area contributed by atoms with Crippen molar-refractivity contribution in [1.82, 2.24) is 15.3 Å². The zero-order chi connectivity index (χ0) is 17.2. The summed E-state index contributed by atoms with van der Waals surface area (Å²) in [5.74, 6) is 0.432. The number of fused-ring (bicyclic) bond motifs is 1. The SMILES string of the molecule is CCC(CC)N1C2=CC=CN(C(=O)NOC(C)(C)C)C2=NC1O. The van der Waals surface area contributed by atoms with Crippen molar-refractivity contribution in [2.75, 3.05) is 0 Å². The number of amidine groups is 1. The number of aliphatic hydroxyl groups excluding tert-OH is 1. The fraction of sp³-hybridized carbons (Fsp3) is 0.625. The average molecular weight is 322 g/mol. The van der Waals surface area contributed by atoms with Gasteiger partial charge in [0.2, 0.25) is 6.35 Å². The van der Waals surface area contributed by atoms with Crippen molar-refractivity contribution in [2.24, 2.45) is 4.99 Å². The Morgan fingerprint density at radius 1 is 1.43 bits per heavy atom. The van der Waals surface area contributed by atoms with Crippen LogP contribution in [0.5, 0.6) is 0 Å². The molecule has 0 spiro atoms. The van der Waals surface area contributed by atoms with Gasteiger partial charge in [-0.25, -0.2) is 15.3 Å². The molecule has 0 bridgehead atoms. The summed E-state index contributed by atoms with van der Waals surface area (Å²) in [7, 11) is 0. The predicted molar refractivity (Wildman–Crippen MR) is 88.1 cm³/mol. The van der Waals surface area contributed by atoms with Crippen LogP contribution in [0.4, 0.5) is 4.79 Å². The molecule has 2 aliphatic rings. The Kier molecular flexibility index (Phi) is 5.11. The Bertz CT molecular complexity index is 544. The van der Waals surface area contributed by atoms with Crippen molar-refractivity contribution >= 4 is 11.9 Å². The number of nitrogens with one attached hydrogen (secondary N) is 1. The van der Waals surface area contributed by atoms with E-state index < -0.39 is 18.0 Å². The highest BCUT2D eigenvalue weighted by Crippen LogP contribution is 2.29. The lowest BCUT2D eigenvalue weighted by Gasteiger charge is -2.33. The third-order valence-corrected chi connectivity index (χ3v) is 3.71. The molecule has 2 heterocycles. The fourth-order valence-corrected chi connectivity index (χ4v) is 2.59. The summed E-state index contributed by atoms with van der Waals surface area (Å²) >= 11 is 0. The van der Waals surface area contributed by atoms with Gasteiger partial charge in [0.1, 0.15) is 0 Å². The molecule has 1 atom stereocenters. The maximum Gasteiger partial charge on any atom is 0.351 e. The lowest BCUT2D eigenvalue weighted by atomic mass is 10.1. The summed E-state index contributed by atoms with van der Waals surface area (Å²) < 4.78 is 0. The summed E-state index contributed by atoms with van der Waals surface area (Å²) in [5.41, 5.74) is 2.68. The Hall–Kier alpha value is -1.86. The van der Waals surface area contributed by atoms with Crippen LogP contribution in [0, 0.1) is 0 Å². The second-order valence-electron chi connectivity index (χ2n) is 6.56. The summed E-state index contributed by atoms with van der Waals surface area (Å²) in [6, 6.07) is -0.279. The van der Waals surface area contributed by atoms with Crippen LogP contribution in [0.1, 0.15) is 47.5 Å². The monoisotopic (exact) mass is 322 g/mol. The van der Waals surface area contributed by atoms with Gasteiger partial charge in [-0.1, -0.05) is 13.8 Å². The highest BCUT2D eigenvalue weighted by Gasteiger charge is 2.38. The van der Waals surface area contributed by atoms with E-state index in [1.54, 1.807) is 12.3 Å². The van der Waals surface area contributed by atoms with Crippen LogP contribution in [-0.4, -0.2) is 44.8 Å². The van der Waals surface area contributed by atoms with Crippen LogP contribution in [0.3, 0.4) is 0 Å². The minimum Gasteiger partial charge on any atom is -0.355 e. The molecule has 0 aliphatic carbocycles. The standard InChI is InChI=1S/C16H26N4O3/c1-6-11(7-2)20-12-9-8-10-19(13(12)17-14(20)21)15(22)18-23-16(3,4)5/h8-11,14,21H,6-7H2,1-5H3,(H,18,22). The normalized spacial score (nSPS) is 20.6. The number of aliphatic hydroxyl groups is 1. The number of hydrogen-bond acceptors (Lipinski definition) is 5. The van der Waals surface area contributed by atoms with Crippen molar-refractivity contribution in [3.05, 3.63) is 24.0 Å². The molecule has 23 heavy (non-hydrogen) atoms. The second-order valence-corrected chi connectivity index (χ2v) is 6.56. The Labute approximate surface area is 137 Å². The molecule has 2 amide bonds. The molecule has 2 rings (SSSR count). The van der Waals surface area contributed by atoms with Gasteiger partial charge in [0.25, 0.3) is 0 Å². The molecule has 0 fully saturated rings. The number of nitrogens with zero attached hydrogens (tertiary/aromatic N) is 3. The summed E-state index contributed by atoms with van der Waals surface area (Å²) in [4.78, 5) is 25.1. The highest BCUT2D eigenvalue weighted by atomic mass is 16.7. The topological polar surface area (TPSA) is 77.4 Å². The first-order valence-corrected chi connectivity index (χ1v) is 7.98. The van der Waals surface area contributed by atoms with E-state index in [0.717, 1.165) is 18.5 Å². The van der Waals surface area contributed by atoms with E-state index in [2.05, 4.69) is 24.3 Å². The minimum absolute atomic E-state index is 0.166. The van der Waals surface area contributed by atoms with Gasteiger partial charge >= 0.3 is 6.03 Å². The van der Waals surface area contributed by atoms with E-state index in [1.807, 2.05) is 31.7 Å². The molecule has 0 saturated carbocycles. The summed E-state index contributed by atoms with van der Waals surface area (Å²) in [5, 5.41) is 10.3. The maximum atomic E-state index is 12.3. The van der Waals surface area contributed by atoms with Crippen molar-refractivity contribution in [1.29, 1.82) is 0 Å². The number of carbonyl (C=O) groups is 1. The van der Waals surface area contributed by atoms with Crippen LogP contribution in [0.15, 0.2) is 29.0 Å². The first-order valence-electron chi connectivity index (χ1n) is 7.98. The third-order valence-electron chi connectivity index (χ3n) is 3.71. The van der Waals surface area contributed by atoms with Crippen molar-refractivity contribution in [3.63, 3.8) is 0 Å². The molecule has 128 valence electrons. The Morgan fingerprint density at radius 2 is 2.09 bits per heavy atom. The number of hydrogen-bond donors (Lipinski definition) is 2. The number of hydroxylamine groups is 1. The number of aliphatic imine (C=N–C) groups is 1. The van der Waals surface area contributed by atoms with E-state index in [4.69, 9.17) is 4.84 Å². The van der Waals surface area contributed by atoms with E-state index in [0.29, 0.717) is 5.84 Å². The van der Waals surface area contributed by atoms with Crippen LogP contribution < -0.4 is 5.48 Å². The Morgan fingerprint density at radius 3 is 2.65 bits per heavy atom. The molecule has 0 aromatic rings. The largest absolute Gasteiger partial charge is 0.355 e. The van der Waals surface area contributed by atoms with Gasteiger partial charge in [0, 0.05) is 12.2 Å². The fourth-order valence-electron chi connectivity index (χ4n) is 2.59. The van der Waals surface area contributed by atoms with Crippen molar-refractivity contribution < 1.29 is 14.7 Å². The lowest BCUT2D eigenvalue weighted by Crippen LogP contribution is -2.46. The van der Waals surface area contributed by atoms with E-state index in [9.17, 15) is 9.90 Å². The predicted octanol–water partition coefficient (Wildman–Crippen LogP) is 2.32. The van der Waals surface area contributed by atoms with Crippen molar-refractivity contribution in [3.8, 4) is 0 Å². The average Bonchev–Trinajstić information content (AvgIpc) is 2.82. The van der Waals surface area contributed by atoms with Gasteiger partial charge in [-0.15, -0.1) is 0 Å². The number of amides is 2. The molecular formula is C16H26N4O3. The molecule has 0 radical (unpaired) electrons. The number of rotatable bonds is 4. The molecule has 0 aromatic heterocycles. The zero-order valence-electron chi connectivity index (χ0n) is 14.4. The first kappa shape index (κ1) is 17.5. The molecular weight excluding hydrogens is 296 g/mol. The van der Waals surface area contributed by atoms with Gasteiger partial charge in [-0.2, -0.15) is 0 Å². The number of urea groups is 1. The molecule has 7 heteroatoms. The molecule has 2 N–H and O–H groups in total. The quantitative estimate of drug-likeness (QED) is 0.779. The maximum absolute atomic E-state index is 12.3. The van der Waals surface area contributed by atoms with Crippen LogP contribution in [-0.2, 0) is 4.84 Å². The zero-order valence-corrected chi connectivity index (χ0v) is 14.4. The van der Waals surface area contributed by atoms with E-state index in [1.165, 1.54) is 4.90 Å². The van der Waals surface area contributed by atoms with Gasteiger partial charge in [-0.05, 0) is 45.8 Å². The second kappa shape index (κ2) is 6.72. The molecule has 0 saturated heterocycles. The van der Waals surface area contributed by atoms with Gasteiger partial charge in [-0.3, -0.25) is 9.74 Å². The first-order chi connectivity index (χ1) is 10.8. The van der Waals surface area contributed by atoms with Crippen LogP contribution in [0.25, 0.3) is 0 Å². The third kappa shape index (κ3) is 3.73. The smallest absolute Gasteiger partial charge is 0.351 e. The van der Waals surface area contributed by atoms with E-state index >= 15 is 0 Å². The van der Waals surface area contributed by atoms with Gasteiger partial charge in [0.05, 0.1) is 11.3 Å². The highest BCUT2D eigenvalue weighted by molar-refractivity contribution is 6.09. The summed E-state index contributed by atoms with van der Waals surface area (Å²) in [6.45, 7) is 9.67. The van der Waals surface area contributed by atoms with Crippen LogP contribution >= 0.6 is 0 Å². The van der Waals surface area contributed by atoms with Gasteiger partial charge < -0.3 is 10.0 Å². The molecule has 0 aromatic carbocycles. The van der Waals surface area contributed by atoms with Crippen molar-refractivity contribution in [2.45, 2.75) is 65.5 Å². The van der Waals surface area contributed by atoms with E-state index in [-0.39, 0.29) is 6.04 Å². The lowest BCUT2D eigenvalue weighted by molar-refractivity contribution is -0.0550. The number of carbonyl (C=O) groups excluding carboxylic acids is 1. The van der Waals surface area contributed by atoms with Gasteiger partial charge in [0.15, 0.2) is 5.84 Å². The number of allylic oxidation sites excluding steroid dienone is 2. The summed E-state index contributed by atoms with van der Waals surface area (Å²) in [6.07, 6.45) is 6.03. The minimum atomic E-state index is -0.972.